The number of piperidine rings is 1. The fourth-order valence-corrected chi connectivity index (χ4v) is 5.03. The molecule has 0 aliphatic carbocycles. The number of ether oxygens (including phenoxy) is 1. The second-order valence-electron chi connectivity index (χ2n) is 8.82. The van der Waals surface area contributed by atoms with E-state index in [4.69, 9.17) is 9.15 Å². The Morgan fingerprint density at radius 2 is 1.91 bits per heavy atom. The van der Waals surface area contributed by atoms with Gasteiger partial charge in [0, 0.05) is 23.7 Å². The number of anilines is 2. The van der Waals surface area contributed by atoms with E-state index in [0.29, 0.717) is 33.9 Å². The first-order valence-electron chi connectivity index (χ1n) is 11.4. The van der Waals surface area contributed by atoms with Gasteiger partial charge in [0.2, 0.25) is 0 Å². The summed E-state index contributed by atoms with van der Waals surface area (Å²) in [6, 6.07) is 18.5. The van der Waals surface area contributed by atoms with Gasteiger partial charge in [0.1, 0.15) is 5.52 Å². The predicted molar refractivity (Wildman–Crippen MR) is 137 cm³/mol. The molecule has 2 aromatic heterocycles. The quantitative estimate of drug-likeness (QED) is 0.381. The lowest BCUT2D eigenvalue weighted by Gasteiger charge is -2.34. The number of nitrogens with one attached hydrogen (secondary N) is 1. The average Bonchev–Trinajstić information content (AvgIpc) is 3.46. The fourth-order valence-electron chi connectivity index (χ4n) is 4.17. The Morgan fingerprint density at radius 3 is 2.68 bits per heavy atom. The Morgan fingerprint density at radius 1 is 1.15 bits per heavy atom. The maximum Gasteiger partial charge on any atom is 0.417 e. The van der Waals surface area contributed by atoms with Gasteiger partial charge in [-0.15, -0.1) is 0 Å². The minimum absolute atomic E-state index is 0.410. The van der Waals surface area contributed by atoms with Crippen LogP contribution in [0.1, 0.15) is 18.4 Å². The molecule has 8 heteroatoms. The first-order valence-corrected chi connectivity index (χ1v) is 12.2. The molecule has 34 heavy (non-hydrogen) atoms. The van der Waals surface area contributed by atoms with Crippen molar-refractivity contribution in [2.45, 2.75) is 25.8 Å². The number of oxazole rings is 1. The van der Waals surface area contributed by atoms with Gasteiger partial charge in [0.25, 0.3) is 6.01 Å². The van der Waals surface area contributed by atoms with Crippen LogP contribution in [0.5, 0.6) is 5.06 Å². The van der Waals surface area contributed by atoms with E-state index in [-0.39, 0.29) is 0 Å². The second-order valence-corrected chi connectivity index (χ2v) is 9.87. The van der Waals surface area contributed by atoms with Crippen LogP contribution in [0.2, 0.25) is 0 Å². The third-order valence-corrected chi connectivity index (χ3v) is 7.28. The third-order valence-electron chi connectivity index (χ3n) is 6.27. The van der Waals surface area contributed by atoms with Crippen LogP contribution in [0, 0.1) is 6.92 Å². The molecule has 0 radical (unpaired) electrons. The molecule has 1 fully saturated rings. The number of benzene rings is 2. The highest BCUT2D eigenvalue weighted by molar-refractivity contribution is 7.17. The van der Waals surface area contributed by atoms with Crippen molar-refractivity contribution in [2.24, 2.45) is 0 Å². The van der Waals surface area contributed by atoms with Crippen LogP contribution in [-0.4, -0.2) is 49.2 Å². The molecular formula is C26H28N4O3S. The first-order chi connectivity index (χ1) is 16.4. The van der Waals surface area contributed by atoms with E-state index in [9.17, 15) is 4.79 Å². The van der Waals surface area contributed by atoms with Gasteiger partial charge in [-0.3, -0.25) is 5.32 Å². The summed E-state index contributed by atoms with van der Waals surface area (Å²) >= 11 is 1.43. The fraction of sp³-hybridized carbons (Fsp3) is 0.308. The largest absolute Gasteiger partial charge is 0.423 e. The van der Waals surface area contributed by atoms with Gasteiger partial charge in [0.15, 0.2) is 10.6 Å². The molecule has 1 aliphatic heterocycles. The molecule has 1 N–H and O–H groups in total. The molecular weight excluding hydrogens is 448 g/mol. The van der Waals surface area contributed by atoms with Crippen molar-refractivity contribution in [1.82, 2.24) is 9.88 Å². The van der Waals surface area contributed by atoms with E-state index >= 15 is 0 Å². The number of aromatic nitrogens is 1. The van der Waals surface area contributed by atoms with Crippen molar-refractivity contribution in [2.75, 3.05) is 37.4 Å². The Kier molecular flexibility index (Phi) is 6.26. The zero-order chi connectivity index (χ0) is 23.7. The summed E-state index contributed by atoms with van der Waals surface area (Å²) in [6.07, 6.45) is 1.63. The van der Waals surface area contributed by atoms with E-state index in [1.165, 1.54) is 16.9 Å². The van der Waals surface area contributed by atoms with Crippen molar-refractivity contribution >= 4 is 40.2 Å². The predicted octanol–water partition coefficient (Wildman–Crippen LogP) is 6.01. The number of thiophene rings is 1. The summed E-state index contributed by atoms with van der Waals surface area (Å²) in [6.45, 7) is 4.20. The number of carbonyl (C=O) groups excluding carboxylic acids is 1. The monoisotopic (exact) mass is 476 g/mol. The van der Waals surface area contributed by atoms with Crippen molar-refractivity contribution < 1.29 is 13.9 Å². The summed E-state index contributed by atoms with van der Waals surface area (Å²) in [4.78, 5) is 22.6. The SMILES string of the molecule is Cc1ccc(-c2ccc(OC(=O)Nc3ccc4oc(N(C)C5CCN(C)CC5)nc4c3)s2)cc1. The van der Waals surface area contributed by atoms with Crippen molar-refractivity contribution in [3.63, 3.8) is 0 Å². The Bertz CT molecular complexity index is 1290. The van der Waals surface area contributed by atoms with Crippen LogP contribution in [0.25, 0.3) is 21.5 Å². The van der Waals surface area contributed by atoms with Gasteiger partial charge in [-0.05, 0) is 75.8 Å². The standard InChI is InChI=1S/C26H28N4O3S/c1-17-4-6-18(7-5-17)23-10-11-24(34-23)33-26(31)27-19-8-9-22-21(16-19)28-25(32-22)30(3)20-12-14-29(2)15-13-20/h4-11,16,20H,12-15H2,1-3H3,(H,27,31). The van der Waals surface area contributed by atoms with Crippen molar-refractivity contribution in [3.8, 4) is 15.5 Å². The van der Waals surface area contributed by atoms with Gasteiger partial charge in [0.05, 0.1) is 0 Å². The molecule has 2 aromatic carbocycles. The Hall–Kier alpha value is -3.36. The van der Waals surface area contributed by atoms with Crippen LogP contribution in [0.4, 0.5) is 16.5 Å². The molecule has 5 rings (SSSR count). The van der Waals surface area contributed by atoms with Crippen LogP contribution >= 0.6 is 11.3 Å². The molecule has 0 atom stereocenters. The Labute approximate surface area is 203 Å². The molecule has 4 aromatic rings. The van der Waals surface area contributed by atoms with E-state index in [0.717, 1.165) is 36.4 Å². The highest BCUT2D eigenvalue weighted by Crippen LogP contribution is 2.33. The summed E-state index contributed by atoms with van der Waals surface area (Å²) in [5, 5.41) is 3.33. The van der Waals surface area contributed by atoms with Gasteiger partial charge in [-0.1, -0.05) is 41.2 Å². The average molecular weight is 477 g/mol. The summed E-state index contributed by atoms with van der Waals surface area (Å²) in [7, 11) is 4.18. The normalized spacial score (nSPS) is 14.9. The first kappa shape index (κ1) is 22.4. The lowest BCUT2D eigenvalue weighted by atomic mass is 10.0. The van der Waals surface area contributed by atoms with Crippen molar-refractivity contribution in [1.29, 1.82) is 0 Å². The molecule has 176 valence electrons. The summed E-state index contributed by atoms with van der Waals surface area (Å²) in [5.41, 5.74) is 4.30. The molecule has 0 bridgehead atoms. The second kappa shape index (κ2) is 9.48. The number of fused-ring (bicyclic) bond motifs is 1. The molecule has 3 heterocycles. The number of rotatable bonds is 5. The molecule has 7 nitrogen and oxygen atoms in total. The van der Waals surface area contributed by atoms with Gasteiger partial charge >= 0.3 is 6.09 Å². The molecule has 1 aliphatic rings. The van der Waals surface area contributed by atoms with Gasteiger partial charge in [-0.2, -0.15) is 4.98 Å². The van der Waals surface area contributed by atoms with Gasteiger partial charge < -0.3 is 19.0 Å². The number of likely N-dealkylation sites (tertiary alicyclic amines) is 1. The van der Waals surface area contributed by atoms with Gasteiger partial charge in [-0.25, -0.2) is 4.79 Å². The van der Waals surface area contributed by atoms with Crippen LogP contribution in [-0.2, 0) is 0 Å². The van der Waals surface area contributed by atoms with E-state index < -0.39 is 6.09 Å². The summed E-state index contributed by atoms with van der Waals surface area (Å²) < 4.78 is 11.5. The number of nitrogens with zero attached hydrogens (tertiary/aromatic N) is 3. The number of hydrogen-bond donors (Lipinski definition) is 1. The third kappa shape index (κ3) is 4.93. The molecule has 0 spiro atoms. The minimum Gasteiger partial charge on any atom is -0.423 e. The number of hydrogen-bond acceptors (Lipinski definition) is 7. The minimum atomic E-state index is -0.538. The highest BCUT2D eigenvalue weighted by atomic mass is 32.1. The number of carbonyl (C=O) groups is 1. The van der Waals surface area contributed by atoms with E-state index in [1.807, 2.05) is 25.2 Å². The zero-order valence-corrected chi connectivity index (χ0v) is 20.4. The van der Waals surface area contributed by atoms with Crippen LogP contribution < -0.4 is 15.0 Å². The summed E-state index contributed by atoms with van der Waals surface area (Å²) in [5.74, 6) is 0. The van der Waals surface area contributed by atoms with E-state index in [2.05, 4.69) is 58.3 Å². The number of aryl methyl sites for hydroxylation is 1. The lowest BCUT2D eigenvalue weighted by molar-refractivity contribution is 0.216. The topological polar surface area (TPSA) is 70.8 Å². The molecule has 1 amide bonds. The Balaban J connectivity index is 1.23. The van der Waals surface area contributed by atoms with Crippen LogP contribution in [0.15, 0.2) is 59.0 Å². The molecule has 0 unspecified atom stereocenters. The van der Waals surface area contributed by atoms with Crippen LogP contribution in [0.3, 0.4) is 0 Å². The lowest BCUT2D eigenvalue weighted by Crippen LogP contribution is -2.42. The zero-order valence-electron chi connectivity index (χ0n) is 19.6. The highest BCUT2D eigenvalue weighted by Gasteiger charge is 2.24. The molecule has 0 saturated carbocycles. The van der Waals surface area contributed by atoms with Crippen molar-refractivity contribution in [3.05, 3.63) is 60.2 Å². The maximum atomic E-state index is 12.5. The number of amides is 1. The molecule has 1 saturated heterocycles. The maximum absolute atomic E-state index is 12.5. The van der Waals surface area contributed by atoms with E-state index in [1.54, 1.807) is 12.1 Å². The smallest absolute Gasteiger partial charge is 0.417 e.